The summed E-state index contributed by atoms with van der Waals surface area (Å²) in [7, 11) is -1.84. The quantitative estimate of drug-likeness (QED) is 0.139. The molecule has 3 aliphatic carbocycles. The number of thioether (sulfide) groups is 1. The minimum atomic E-state index is -1.84. The fourth-order valence-corrected chi connectivity index (χ4v) is 9.23. The number of amides is 1. The molecule has 0 spiro atoms. The van der Waals surface area contributed by atoms with Crippen LogP contribution in [0.15, 0.2) is 60.0 Å². The SMILES string of the molecule is C=C[C@]1(C)C[C@@H](OC(=O)CSc2ccc(NC(=O)c3cc(B(O)O)ccc3F)cc2)[C@]2(C)[C@H](C)CC[C@]3(CCC(=O)[C@H]32)[C@@H](C)[C@@H]1O. The van der Waals surface area contributed by atoms with Gasteiger partial charge in [-0.2, -0.15) is 0 Å². The van der Waals surface area contributed by atoms with Crippen LogP contribution >= 0.6 is 11.8 Å². The summed E-state index contributed by atoms with van der Waals surface area (Å²) in [5.41, 5.74) is -1.58. The maximum Gasteiger partial charge on any atom is 0.488 e. The number of rotatable bonds is 8. The van der Waals surface area contributed by atoms with Crippen LogP contribution in [0, 0.1) is 39.8 Å². The molecule has 1 amide bonds. The topological polar surface area (TPSA) is 133 Å². The van der Waals surface area contributed by atoms with E-state index < -0.39 is 47.9 Å². The van der Waals surface area contributed by atoms with Gasteiger partial charge >= 0.3 is 13.1 Å². The summed E-state index contributed by atoms with van der Waals surface area (Å²) < 4.78 is 20.5. The lowest BCUT2D eigenvalue weighted by Crippen LogP contribution is -2.63. The molecule has 46 heavy (non-hydrogen) atoms. The zero-order chi connectivity index (χ0) is 33.6. The van der Waals surface area contributed by atoms with E-state index in [1.807, 2.05) is 6.92 Å². The number of aliphatic hydroxyl groups excluding tert-OH is 1. The highest BCUT2D eigenvalue weighted by Crippen LogP contribution is 2.68. The van der Waals surface area contributed by atoms with Gasteiger partial charge < -0.3 is 25.2 Å². The monoisotopic (exact) mass is 651 g/mol. The van der Waals surface area contributed by atoms with Crippen LogP contribution in [-0.4, -0.2) is 57.9 Å². The molecule has 0 radical (unpaired) electrons. The normalized spacial score (nSPS) is 33.7. The van der Waals surface area contributed by atoms with Gasteiger partial charge in [-0.1, -0.05) is 39.8 Å². The molecule has 0 aromatic heterocycles. The lowest BCUT2D eigenvalue weighted by molar-refractivity contribution is -0.205. The first-order valence-electron chi connectivity index (χ1n) is 15.9. The van der Waals surface area contributed by atoms with Gasteiger partial charge in [-0.25, -0.2) is 4.39 Å². The summed E-state index contributed by atoms with van der Waals surface area (Å²) in [6.45, 7) is 12.4. The Morgan fingerprint density at radius 3 is 2.50 bits per heavy atom. The third-order valence-corrected chi connectivity index (χ3v) is 12.6. The number of hydrogen-bond donors (Lipinski definition) is 4. The third-order valence-electron chi connectivity index (χ3n) is 11.6. The highest BCUT2D eigenvalue weighted by Gasteiger charge is 2.68. The van der Waals surface area contributed by atoms with Gasteiger partial charge in [0.2, 0.25) is 0 Å². The molecule has 2 bridgehead atoms. The van der Waals surface area contributed by atoms with Gasteiger partial charge in [0.05, 0.1) is 17.4 Å². The molecule has 4 N–H and O–H groups in total. The number of halogens is 1. The fraction of sp³-hybridized carbons (Fsp3) is 0.514. The molecule has 0 unspecified atom stereocenters. The number of hydrogen-bond acceptors (Lipinski definition) is 8. The summed E-state index contributed by atoms with van der Waals surface area (Å²) in [6.07, 6.45) is 3.82. The van der Waals surface area contributed by atoms with Crippen molar-refractivity contribution in [2.75, 3.05) is 11.1 Å². The summed E-state index contributed by atoms with van der Waals surface area (Å²) in [4.78, 5) is 40.4. The van der Waals surface area contributed by atoms with Gasteiger partial charge in [-0.3, -0.25) is 14.4 Å². The Labute approximate surface area is 274 Å². The molecule has 8 nitrogen and oxygen atoms in total. The van der Waals surface area contributed by atoms with Crippen molar-refractivity contribution in [3.8, 4) is 0 Å². The molecule has 0 saturated heterocycles. The van der Waals surface area contributed by atoms with Crippen LogP contribution in [-0.2, 0) is 14.3 Å². The van der Waals surface area contributed by atoms with Crippen molar-refractivity contribution in [1.29, 1.82) is 0 Å². The van der Waals surface area contributed by atoms with Crippen molar-refractivity contribution in [2.45, 2.75) is 76.9 Å². The minimum absolute atomic E-state index is 0.00875. The Morgan fingerprint density at radius 1 is 1.15 bits per heavy atom. The number of Topliss-reactive ketones (excluding diaryl/α,β-unsaturated/α-hetero) is 1. The molecule has 0 aliphatic heterocycles. The summed E-state index contributed by atoms with van der Waals surface area (Å²) in [6, 6.07) is 9.94. The Balaban J connectivity index is 1.29. The van der Waals surface area contributed by atoms with Crippen LogP contribution in [0.5, 0.6) is 0 Å². The Bertz CT molecular complexity index is 1520. The Kier molecular flexibility index (Phi) is 9.63. The molecule has 5 rings (SSSR count). The smallest absolute Gasteiger partial charge is 0.461 e. The number of ketones is 1. The van der Waals surface area contributed by atoms with Crippen molar-refractivity contribution in [2.24, 2.45) is 34.0 Å². The average molecular weight is 652 g/mol. The van der Waals surface area contributed by atoms with E-state index in [9.17, 15) is 33.9 Å². The summed E-state index contributed by atoms with van der Waals surface area (Å²) >= 11 is 1.27. The molecule has 3 saturated carbocycles. The third kappa shape index (κ3) is 5.96. The maximum atomic E-state index is 14.2. The van der Waals surface area contributed by atoms with Gasteiger partial charge in [0.25, 0.3) is 5.91 Å². The molecular formula is C35H43BFNO7S. The highest BCUT2D eigenvalue weighted by molar-refractivity contribution is 8.00. The molecule has 8 atom stereocenters. The van der Waals surface area contributed by atoms with Crippen LogP contribution in [0.25, 0.3) is 0 Å². The lowest BCUT2D eigenvalue weighted by Gasteiger charge is -2.61. The van der Waals surface area contributed by atoms with E-state index in [-0.39, 0.29) is 45.7 Å². The number of aliphatic hydroxyl groups is 1. The number of carbonyl (C=O) groups excluding carboxylic acids is 3. The molecule has 2 aromatic carbocycles. The first-order chi connectivity index (χ1) is 21.7. The highest BCUT2D eigenvalue weighted by atomic mass is 32.2. The van der Waals surface area contributed by atoms with E-state index in [1.54, 1.807) is 30.3 Å². The molecular weight excluding hydrogens is 608 g/mol. The summed E-state index contributed by atoms with van der Waals surface area (Å²) in [5.74, 6) is -1.99. The van der Waals surface area contributed by atoms with Gasteiger partial charge in [0, 0.05) is 33.8 Å². The van der Waals surface area contributed by atoms with Crippen molar-refractivity contribution < 1.29 is 38.7 Å². The number of ether oxygens (including phenoxy) is 1. The molecule has 0 heterocycles. The molecule has 3 fully saturated rings. The molecule has 246 valence electrons. The zero-order valence-electron chi connectivity index (χ0n) is 26.8. The Hall–Kier alpha value is -2.99. The maximum absolute atomic E-state index is 14.2. The van der Waals surface area contributed by atoms with Gasteiger partial charge in [0.15, 0.2) is 0 Å². The van der Waals surface area contributed by atoms with Crippen molar-refractivity contribution in [1.82, 2.24) is 0 Å². The predicted molar refractivity (Wildman–Crippen MR) is 176 cm³/mol. The summed E-state index contributed by atoms with van der Waals surface area (Å²) in [5, 5.41) is 33.0. The van der Waals surface area contributed by atoms with E-state index in [0.717, 1.165) is 36.3 Å². The number of carbonyl (C=O) groups is 3. The number of anilines is 1. The molecule has 3 aliphatic rings. The van der Waals surface area contributed by atoms with E-state index in [0.29, 0.717) is 18.5 Å². The zero-order valence-corrected chi connectivity index (χ0v) is 27.6. The van der Waals surface area contributed by atoms with Crippen LogP contribution in [0.1, 0.15) is 70.2 Å². The number of nitrogens with one attached hydrogen (secondary N) is 1. The van der Waals surface area contributed by atoms with Crippen LogP contribution in [0.4, 0.5) is 10.1 Å². The van der Waals surface area contributed by atoms with Crippen molar-refractivity contribution >= 4 is 47.7 Å². The Morgan fingerprint density at radius 2 is 1.85 bits per heavy atom. The number of esters is 1. The second-order valence-electron chi connectivity index (χ2n) is 13.9. The first kappa shape index (κ1) is 34.4. The lowest BCUT2D eigenvalue weighted by atomic mass is 9.44. The predicted octanol–water partition coefficient (Wildman–Crippen LogP) is 4.76. The minimum Gasteiger partial charge on any atom is -0.461 e. The second-order valence-corrected chi connectivity index (χ2v) is 15.0. The van der Waals surface area contributed by atoms with E-state index in [2.05, 4.69) is 32.7 Å². The van der Waals surface area contributed by atoms with Gasteiger partial charge in [-0.05, 0) is 84.8 Å². The first-order valence-corrected chi connectivity index (χ1v) is 16.9. The van der Waals surface area contributed by atoms with Gasteiger partial charge in [-0.15, -0.1) is 18.3 Å². The van der Waals surface area contributed by atoms with Crippen molar-refractivity contribution in [3.05, 3.63) is 66.5 Å². The van der Waals surface area contributed by atoms with Gasteiger partial charge in [0.1, 0.15) is 17.7 Å². The molecule has 11 heteroatoms. The van der Waals surface area contributed by atoms with E-state index in [1.165, 1.54) is 17.8 Å². The number of benzene rings is 2. The van der Waals surface area contributed by atoms with E-state index >= 15 is 0 Å². The van der Waals surface area contributed by atoms with E-state index in [4.69, 9.17) is 4.74 Å². The van der Waals surface area contributed by atoms with Crippen LogP contribution in [0.3, 0.4) is 0 Å². The van der Waals surface area contributed by atoms with Crippen LogP contribution < -0.4 is 10.8 Å². The fourth-order valence-electron chi connectivity index (χ4n) is 8.55. The standard InChI is InChI=1S/C35H43BFNO7S/c1-6-33(4)18-28(34(5)20(2)13-15-35(21(3)31(33)41)16-14-27(39)30(34)35)45-29(40)19-46-24-10-8-23(9-11-24)38-32(42)25-17-22(36(43)44)7-12-26(25)37/h6-12,17,20-21,28,30-31,41,43-44H,1,13-16,18-19H2,2-5H3,(H,38,42)/t20-,21+,28-,30+,31+,33-,34+,35+/m1/s1. The molecule has 2 aromatic rings. The van der Waals surface area contributed by atoms with Crippen molar-refractivity contribution in [3.63, 3.8) is 0 Å². The largest absolute Gasteiger partial charge is 0.488 e. The second kappa shape index (κ2) is 12.9. The van der Waals surface area contributed by atoms with Crippen LogP contribution in [0.2, 0.25) is 0 Å². The average Bonchev–Trinajstić information content (AvgIpc) is 3.38.